The lowest BCUT2D eigenvalue weighted by molar-refractivity contribution is 0.608. The summed E-state index contributed by atoms with van der Waals surface area (Å²) in [6.45, 7) is 3.91. The van der Waals surface area contributed by atoms with Crippen LogP contribution < -0.4 is 5.32 Å². The van der Waals surface area contributed by atoms with Crippen molar-refractivity contribution < 1.29 is 0 Å². The summed E-state index contributed by atoms with van der Waals surface area (Å²) in [6.07, 6.45) is 3.90. The molecule has 1 aromatic heterocycles. The van der Waals surface area contributed by atoms with E-state index in [1.54, 1.807) is 17.5 Å². The van der Waals surface area contributed by atoms with E-state index in [1.165, 1.54) is 4.88 Å². The molecule has 1 heterocycles. The molecule has 1 N–H and O–H groups in total. The zero-order chi connectivity index (χ0) is 11.1. The Morgan fingerprint density at radius 2 is 2.53 bits per heavy atom. The molecule has 1 aromatic rings. The van der Waals surface area contributed by atoms with Crippen molar-refractivity contribution >= 4 is 17.2 Å². The average Bonchev–Trinajstić information content (AvgIpc) is 2.67. The van der Waals surface area contributed by atoms with E-state index < -0.39 is 0 Å². The van der Waals surface area contributed by atoms with Gasteiger partial charge in [0.2, 0.25) is 6.19 Å². The number of hydrogen-bond donors (Lipinski definition) is 1. The standard InChI is InChI=1S/C11H15N3S/c1-9(14-10(2)13-8-12)5-6-11-4-3-7-15-11/h3-4,7,9H,5-6H2,1-2H3,(H,13,14). The lowest BCUT2D eigenvalue weighted by Gasteiger charge is -2.13. The number of nitriles is 1. The molecular formula is C11H15N3S. The van der Waals surface area contributed by atoms with E-state index >= 15 is 0 Å². The first-order chi connectivity index (χ1) is 7.22. The minimum absolute atomic E-state index is 0.351. The molecule has 3 nitrogen and oxygen atoms in total. The molecular weight excluding hydrogens is 206 g/mol. The molecule has 1 rings (SSSR count). The summed E-state index contributed by atoms with van der Waals surface area (Å²) in [5.41, 5.74) is 0. The third-order valence-electron chi connectivity index (χ3n) is 2.08. The van der Waals surface area contributed by atoms with Gasteiger partial charge in [0.25, 0.3) is 0 Å². The SMILES string of the molecule is CC(=NC#N)NC(C)CCc1cccs1. The average molecular weight is 221 g/mol. The second kappa shape index (κ2) is 6.20. The van der Waals surface area contributed by atoms with E-state index in [4.69, 9.17) is 5.26 Å². The molecule has 1 atom stereocenters. The van der Waals surface area contributed by atoms with Gasteiger partial charge in [-0.15, -0.1) is 11.3 Å². The van der Waals surface area contributed by atoms with Crippen molar-refractivity contribution in [3.63, 3.8) is 0 Å². The Hall–Kier alpha value is -1.34. The van der Waals surface area contributed by atoms with Crippen molar-refractivity contribution in [2.24, 2.45) is 4.99 Å². The van der Waals surface area contributed by atoms with Crippen LogP contribution in [0.5, 0.6) is 0 Å². The van der Waals surface area contributed by atoms with Gasteiger partial charge in [-0.05, 0) is 38.1 Å². The fourth-order valence-corrected chi connectivity index (χ4v) is 2.07. The molecule has 0 aliphatic heterocycles. The number of aliphatic imine (C=N–C) groups is 1. The molecule has 0 bridgehead atoms. The number of amidine groups is 1. The predicted octanol–water partition coefficient (Wildman–Crippen LogP) is 2.56. The maximum atomic E-state index is 8.35. The van der Waals surface area contributed by atoms with E-state index in [2.05, 4.69) is 34.7 Å². The fraction of sp³-hybridized carbons (Fsp3) is 0.455. The summed E-state index contributed by atoms with van der Waals surface area (Å²) in [5, 5.41) is 13.6. The van der Waals surface area contributed by atoms with Crippen molar-refractivity contribution in [1.82, 2.24) is 5.32 Å². The summed E-state index contributed by atoms with van der Waals surface area (Å²) >= 11 is 1.78. The monoisotopic (exact) mass is 221 g/mol. The van der Waals surface area contributed by atoms with Gasteiger partial charge in [0.15, 0.2) is 0 Å². The highest BCUT2D eigenvalue weighted by molar-refractivity contribution is 7.09. The maximum Gasteiger partial charge on any atom is 0.207 e. The molecule has 0 aliphatic carbocycles. The number of hydrogen-bond acceptors (Lipinski definition) is 3. The van der Waals surface area contributed by atoms with Gasteiger partial charge in [-0.3, -0.25) is 0 Å². The molecule has 0 aromatic carbocycles. The minimum Gasteiger partial charge on any atom is -0.371 e. The molecule has 0 aliphatic rings. The largest absolute Gasteiger partial charge is 0.371 e. The minimum atomic E-state index is 0.351. The topological polar surface area (TPSA) is 48.2 Å². The van der Waals surface area contributed by atoms with E-state index in [-0.39, 0.29) is 0 Å². The smallest absolute Gasteiger partial charge is 0.207 e. The van der Waals surface area contributed by atoms with Gasteiger partial charge in [0.1, 0.15) is 5.84 Å². The molecule has 15 heavy (non-hydrogen) atoms. The molecule has 4 heteroatoms. The molecule has 0 fully saturated rings. The van der Waals surface area contributed by atoms with Crippen LogP contribution in [0.2, 0.25) is 0 Å². The zero-order valence-electron chi connectivity index (χ0n) is 9.03. The van der Waals surface area contributed by atoms with Gasteiger partial charge in [-0.2, -0.15) is 10.3 Å². The van der Waals surface area contributed by atoms with Crippen molar-refractivity contribution in [3.8, 4) is 6.19 Å². The Morgan fingerprint density at radius 1 is 1.73 bits per heavy atom. The van der Waals surface area contributed by atoms with E-state index in [0.717, 1.165) is 12.8 Å². The highest BCUT2D eigenvalue weighted by Crippen LogP contribution is 2.11. The Balaban J connectivity index is 2.28. The first-order valence-electron chi connectivity index (χ1n) is 4.94. The Kier molecular flexibility index (Phi) is 4.85. The third kappa shape index (κ3) is 4.61. The van der Waals surface area contributed by atoms with Crippen LogP contribution in [-0.2, 0) is 6.42 Å². The van der Waals surface area contributed by atoms with Gasteiger partial charge in [-0.1, -0.05) is 6.07 Å². The van der Waals surface area contributed by atoms with Crippen LogP contribution in [0.15, 0.2) is 22.5 Å². The second-order valence-electron chi connectivity index (χ2n) is 3.46. The van der Waals surface area contributed by atoms with E-state index in [9.17, 15) is 0 Å². The van der Waals surface area contributed by atoms with Gasteiger partial charge in [0, 0.05) is 10.9 Å². The summed E-state index contributed by atoms with van der Waals surface area (Å²) in [4.78, 5) is 5.02. The number of nitrogens with one attached hydrogen (secondary N) is 1. The number of thiophene rings is 1. The molecule has 0 saturated heterocycles. The molecule has 0 amide bonds. The second-order valence-corrected chi connectivity index (χ2v) is 4.49. The summed E-state index contributed by atoms with van der Waals surface area (Å²) in [5.74, 6) is 0.691. The number of nitrogens with zero attached hydrogens (tertiary/aromatic N) is 2. The fourth-order valence-electron chi connectivity index (χ4n) is 1.35. The molecule has 0 spiro atoms. The maximum absolute atomic E-state index is 8.35. The Morgan fingerprint density at radius 3 is 3.13 bits per heavy atom. The lowest BCUT2D eigenvalue weighted by Crippen LogP contribution is -2.30. The molecule has 0 saturated carbocycles. The predicted molar refractivity (Wildman–Crippen MR) is 64.0 cm³/mol. The zero-order valence-corrected chi connectivity index (χ0v) is 9.84. The molecule has 80 valence electrons. The van der Waals surface area contributed by atoms with Crippen LogP contribution >= 0.6 is 11.3 Å². The van der Waals surface area contributed by atoms with Crippen molar-refractivity contribution in [3.05, 3.63) is 22.4 Å². The summed E-state index contributed by atoms with van der Waals surface area (Å²) in [7, 11) is 0. The number of aryl methyl sites for hydroxylation is 1. The van der Waals surface area contributed by atoms with E-state index in [1.807, 2.05) is 6.92 Å². The van der Waals surface area contributed by atoms with Crippen LogP contribution in [0.25, 0.3) is 0 Å². The highest BCUT2D eigenvalue weighted by Gasteiger charge is 2.03. The van der Waals surface area contributed by atoms with Crippen LogP contribution in [0.1, 0.15) is 25.1 Å². The van der Waals surface area contributed by atoms with Crippen molar-refractivity contribution in [1.29, 1.82) is 5.26 Å². The lowest BCUT2D eigenvalue weighted by atomic mass is 10.1. The van der Waals surface area contributed by atoms with E-state index in [0.29, 0.717) is 11.9 Å². The highest BCUT2D eigenvalue weighted by atomic mass is 32.1. The quantitative estimate of drug-likeness (QED) is 0.482. The first kappa shape index (κ1) is 11.7. The molecule has 1 unspecified atom stereocenters. The van der Waals surface area contributed by atoms with Crippen LogP contribution in [0.4, 0.5) is 0 Å². The Bertz CT molecular complexity index is 348. The Labute approximate surface area is 94.5 Å². The summed E-state index contributed by atoms with van der Waals surface area (Å²) < 4.78 is 0. The first-order valence-corrected chi connectivity index (χ1v) is 5.82. The molecule has 0 radical (unpaired) electrons. The van der Waals surface area contributed by atoms with Crippen molar-refractivity contribution in [2.45, 2.75) is 32.7 Å². The van der Waals surface area contributed by atoms with Crippen LogP contribution in [0.3, 0.4) is 0 Å². The van der Waals surface area contributed by atoms with Crippen LogP contribution in [0, 0.1) is 11.5 Å². The number of rotatable bonds is 4. The normalized spacial score (nSPS) is 13.3. The summed E-state index contributed by atoms with van der Waals surface area (Å²) in [6, 6.07) is 4.57. The van der Waals surface area contributed by atoms with Gasteiger partial charge >= 0.3 is 0 Å². The van der Waals surface area contributed by atoms with Crippen LogP contribution in [-0.4, -0.2) is 11.9 Å². The van der Waals surface area contributed by atoms with Gasteiger partial charge < -0.3 is 5.32 Å². The van der Waals surface area contributed by atoms with Gasteiger partial charge in [0.05, 0.1) is 0 Å². The van der Waals surface area contributed by atoms with Crippen molar-refractivity contribution in [2.75, 3.05) is 0 Å². The third-order valence-corrected chi connectivity index (χ3v) is 3.01. The van der Waals surface area contributed by atoms with Gasteiger partial charge in [-0.25, -0.2) is 0 Å².